The normalized spacial score (nSPS) is 48.0. The summed E-state index contributed by atoms with van der Waals surface area (Å²) in [7, 11) is 0. The molecule has 7 heavy (non-hydrogen) atoms. The topological polar surface area (TPSA) is 0 Å². The largest absolute Gasteiger partial charge is 0.0499 e. The van der Waals surface area contributed by atoms with Crippen molar-refractivity contribution in [2.75, 3.05) is 0 Å². The minimum Gasteiger partial charge on any atom is -0.0499 e. The molecule has 0 aromatic heterocycles. The monoisotopic (exact) mass is 94.1 g/mol. The van der Waals surface area contributed by atoms with Crippen molar-refractivity contribution >= 4 is 0 Å². The molecule has 2 rings (SSSR count). The van der Waals surface area contributed by atoms with Gasteiger partial charge in [0.05, 0.1) is 0 Å². The maximum atomic E-state index is 2.50. The molecule has 2 aliphatic carbocycles. The number of rotatable bonds is 0. The zero-order valence-electron chi connectivity index (χ0n) is 4.43. The van der Waals surface area contributed by atoms with Crippen LogP contribution in [0.3, 0.4) is 0 Å². The van der Waals surface area contributed by atoms with Crippen molar-refractivity contribution in [2.24, 2.45) is 11.8 Å². The average Bonchev–Trinajstić information content (AvgIpc) is 2.22. The highest BCUT2D eigenvalue weighted by atomic mass is 14.4. The third-order valence-corrected chi connectivity index (χ3v) is 2.13. The van der Waals surface area contributed by atoms with Crippen LogP contribution in [0.5, 0.6) is 0 Å². The van der Waals surface area contributed by atoms with E-state index in [2.05, 4.69) is 12.8 Å². The Bertz CT molecular complexity index is 58.1. The molecular weight excluding hydrogens is 84.1 g/mol. The van der Waals surface area contributed by atoms with E-state index in [0.29, 0.717) is 0 Å². The maximum absolute atomic E-state index is 2.50. The molecule has 0 amide bonds. The van der Waals surface area contributed by atoms with Gasteiger partial charge in [-0.05, 0) is 43.9 Å². The van der Waals surface area contributed by atoms with Crippen LogP contribution in [0.2, 0.25) is 0 Å². The van der Waals surface area contributed by atoms with E-state index >= 15 is 0 Å². The first-order valence-corrected chi connectivity index (χ1v) is 3.13. The molecule has 0 aromatic carbocycles. The molecule has 2 bridgehead atoms. The highest BCUT2D eigenvalue weighted by molar-refractivity contribution is 5.06. The van der Waals surface area contributed by atoms with Crippen LogP contribution in [-0.2, 0) is 0 Å². The van der Waals surface area contributed by atoms with E-state index in [9.17, 15) is 0 Å². The van der Waals surface area contributed by atoms with Crippen LogP contribution in [0, 0.1) is 24.7 Å². The predicted molar refractivity (Wildman–Crippen MR) is 29.4 cm³/mol. The summed E-state index contributed by atoms with van der Waals surface area (Å²) >= 11 is 0. The first kappa shape index (κ1) is 3.94. The van der Waals surface area contributed by atoms with E-state index in [1.54, 1.807) is 0 Å². The summed E-state index contributed by atoms with van der Waals surface area (Å²) in [4.78, 5) is 0. The second-order valence-electron chi connectivity index (χ2n) is 2.67. The van der Waals surface area contributed by atoms with Gasteiger partial charge in [0.1, 0.15) is 0 Å². The van der Waals surface area contributed by atoms with Gasteiger partial charge >= 0.3 is 0 Å². The number of fused-ring (bicyclic) bond motifs is 2. The van der Waals surface area contributed by atoms with Gasteiger partial charge in [-0.3, -0.25) is 0 Å². The fourth-order valence-corrected chi connectivity index (χ4v) is 1.69. The predicted octanol–water partition coefficient (Wildman–Crippen LogP) is 1.82. The molecule has 0 heterocycles. The molecule has 0 N–H and O–H groups in total. The Balaban J connectivity index is 2.12. The molecule has 2 aliphatic rings. The van der Waals surface area contributed by atoms with Crippen LogP contribution in [0.15, 0.2) is 0 Å². The SMILES string of the molecule is [CH]1CC2[CH]C1CC2. The molecule has 0 saturated heterocycles. The second-order valence-corrected chi connectivity index (χ2v) is 2.67. The van der Waals surface area contributed by atoms with Gasteiger partial charge in [0, 0.05) is 0 Å². The van der Waals surface area contributed by atoms with Crippen LogP contribution in [0.1, 0.15) is 19.3 Å². The van der Waals surface area contributed by atoms with E-state index in [4.69, 9.17) is 0 Å². The Hall–Kier alpha value is 0. The Kier molecular flexibility index (Phi) is 0.697. The molecule has 2 radical (unpaired) electrons. The van der Waals surface area contributed by atoms with Gasteiger partial charge in [0.15, 0.2) is 0 Å². The van der Waals surface area contributed by atoms with E-state index in [0.717, 1.165) is 11.8 Å². The molecule has 2 atom stereocenters. The third-order valence-electron chi connectivity index (χ3n) is 2.13. The second kappa shape index (κ2) is 1.24. The van der Waals surface area contributed by atoms with Gasteiger partial charge in [-0.15, -0.1) is 0 Å². The maximum Gasteiger partial charge on any atom is -0.0321 e. The highest BCUT2D eigenvalue weighted by Gasteiger charge is 2.31. The van der Waals surface area contributed by atoms with Gasteiger partial charge in [-0.25, -0.2) is 0 Å². The Morgan fingerprint density at radius 2 is 2.29 bits per heavy atom. The number of hydrogen-bond donors (Lipinski definition) is 0. The summed E-state index contributed by atoms with van der Waals surface area (Å²) in [6, 6.07) is 0. The van der Waals surface area contributed by atoms with Crippen LogP contribution in [-0.4, -0.2) is 0 Å². The summed E-state index contributed by atoms with van der Waals surface area (Å²) < 4.78 is 0. The zero-order valence-corrected chi connectivity index (χ0v) is 4.43. The minimum atomic E-state index is 0.921. The van der Waals surface area contributed by atoms with Crippen LogP contribution in [0.4, 0.5) is 0 Å². The highest BCUT2D eigenvalue weighted by Crippen LogP contribution is 2.42. The molecule has 2 saturated carbocycles. The fourth-order valence-electron chi connectivity index (χ4n) is 1.69. The third kappa shape index (κ3) is 0.490. The average molecular weight is 94.2 g/mol. The van der Waals surface area contributed by atoms with Gasteiger partial charge in [-0.1, -0.05) is 0 Å². The lowest BCUT2D eigenvalue weighted by molar-refractivity contribution is 0.564. The molecular formula is C7H10. The summed E-state index contributed by atoms with van der Waals surface area (Å²) in [6.45, 7) is 0. The van der Waals surface area contributed by atoms with Crippen molar-refractivity contribution in [1.82, 2.24) is 0 Å². The van der Waals surface area contributed by atoms with E-state index < -0.39 is 0 Å². The number of hydrogen-bond acceptors (Lipinski definition) is 0. The van der Waals surface area contributed by atoms with Crippen molar-refractivity contribution in [2.45, 2.75) is 19.3 Å². The fraction of sp³-hybridized carbons (Fsp3) is 0.714. The Morgan fingerprint density at radius 1 is 1.29 bits per heavy atom. The van der Waals surface area contributed by atoms with Crippen molar-refractivity contribution in [3.8, 4) is 0 Å². The molecule has 0 heteroatoms. The van der Waals surface area contributed by atoms with Gasteiger partial charge in [-0.2, -0.15) is 0 Å². The summed E-state index contributed by atoms with van der Waals surface area (Å²) in [5.41, 5.74) is 0. The molecule has 2 fully saturated rings. The summed E-state index contributed by atoms with van der Waals surface area (Å²) in [5.74, 6) is 1.91. The summed E-state index contributed by atoms with van der Waals surface area (Å²) in [5, 5.41) is 0. The summed E-state index contributed by atoms with van der Waals surface area (Å²) in [6.07, 6.45) is 9.25. The van der Waals surface area contributed by atoms with Gasteiger partial charge < -0.3 is 0 Å². The Labute approximate surface area is 44.9 Å². The first-order valence-electron chi connectivity index (χ1n) is 3.13. The van der Waals surface area contributed by atoms with Crippen LogP contribution < -0.4 is 0 Å². The molecule has 2 unspecified atom stereocenters. The minimum absolute atomic E-state index is 0.921. The zero-order chi connectivity index (χ0) is 4.69. The first-order chi connectivity index (χ1) is 3.45. The smallest absolute Gasteiger partial charge is 0.0321 e. The van der Waals surface area contributed by atoms with E-state index in [1.807, 2.05) is 0 Å². The van der Waals surface area contributed by atoms with Crippen molar-refractivity contribution in [3.63, 3.8) is 0 Å². The molecule has 0 aliphatic heterocycles. The standard InChI is InChI=1S/C7H10/c1-2-7-4-3-6(1)5-7/h1,5-7H,2-4H2. The van der Waals surface area contributed by atoms with Crippen molar-refractivity contribution in [1.29, 1.82) is 0 Å². The van der Waals surface area contributed by atoms with Crippen LogP contribution in [0.25, 0.3) is 0 Å². The van der Waals surface area contributed by atoms with Gasteiger partial charge in [0.2, 0.25) is 0 Å². The molecule has 0 spiro atoms. The lowest BCUT2D eigenvalue weighted by Gasteiger charge is -2.04. The lowest BCUT2D eigenvalue weighted by atomic mass is 10.0. The molecule has 38 valence electrons. The lowest BCUT2D eigenvalue weighted by Crippen LogP contribution is -1.92. The Morgan fingerprint density at radius 3 is 2.43 bits per heavy atom. The van der Waals surface area contributed by atoms with Gasteiger partial charge in [0.25, 0.3) is 0 Å². The van der Waals surface area contributed by atoms with Crippen LogP contribution >= 0.6 is 0 Å². The quantitative estimate of drug-likeness (QED) is 0.429. The van der Waals surface area contributed by atoms with Crippen molar-refractivity contribution < 1.29 is 0 Å². The van der Waals surface area contributed by atoms with E-state index in [-0.39, 0.29) is 0 Å². The molecule has 0 aromatic rings. The van der Waals surface area contributed by atoms with E-state index in [1.165, 1.54) is 19.3 Å². The molecule has 0 nitrogen and oxygen atoms in total. The van der Waals surface area contributed by atoms with Crippen molar-refractivity contribution in [3.05, 3.63) is 12.8 Å².